The summed E-state index contributed by atoms with van der Waals surface area (Å²) in [7, 11) is 0. The number of hydrogen-bond donors (Lipinski definition) is 1. The molecule has 1 N–H and O–H groups in total. The SMILES string of the molecule is CC(=O)O[C@]12CCC(C)=CCC13CCC2C(C)(/C=C/C=C(\C)C(=O)O)OC3=O. The Balaban J connectivity index is 2.07. The maximum Gasteiger partial charge on any atom is 0.331 e. The van der Waals surface area contributed by atoms with Gasteiger partial charge in [-0.25, -0.2) is 4.79 Å². The van der Waals surface area contributed by atoms with Gasteiger partial charge in [0.05, 0.1) is 0 Å². The first-order valence-corrected chi connectivity index (χ1v) is 9.74. The monoisotopic (exact) mass is 388 g/mol. The van der Waals surface area contributed by atoms with Gasteiger partial charge in [-0.1, -0.05) is 23.8 Å². The van der Waals surface area contributed by atoms with Crippen LogP contribution in [0.15, 0.2) is 35.5 Å². The Kier molecular flexibility index (Phi) is 5.02. The third-order valence-electron chi connectivity index (χ3n) is 6.75. The predicted molar refractivity (Wildman–Crippen MR) is 102 cm³/mol. The van der Waals surface area contributed by atoms with Crippen LogP contribution in [0.1, 0.15) is 59.8 Å². The number of hydrogen-bond acceptors (Lipinski definition) is 5. The molecule has 2 bridgehead atoms. The zero-order valence-electron chi connectivity index (χ0n) is 16.9. The Morgan fingerprint density at radius 1 is 1.32 bits per heavy atom. The summed E-state index contributed by atoms with van der Waals surface area (Å²) in [6, 6.07) is 0. The van der Waals surface area contributed by atoms with E-state index in [0.29, 0.717) is 25.7 Å². The number of carboxylic acid groups (broad SMARTS) is 1. The van der Waals surface area contributed by atoms with Crippen LogP contribution in [0.25, 0.3) is 0 Å². The van der Waals surface area contributed by atoms with E-state index < -0.39 is 28.6 Å². The van der Waals surface area contributed by atoms with E-state index in [1.807, 2.05) is 13.8 Å². The highest BCUT2D eigenvalue weighted by Gasteiger charge is 2.74. The van der Waals surface area contributed by atoms with Gasteiger partial charge in [-0.15, -0.1) is 0 Å². The Bertz CT molecular complexity index is 806. The number of ether oxygens (including phenoxy) is 2. The highest BCUT2D eigenvalue weighted by atomic mass is 16.6. The van der Waals surface area contributed by atoms with Gasteiger partial charge in [0.15, 0.2) is 0 Å². The van der Waals surface area contributed by atoms with Crippen molar-refractivity contribution in [3.8, 4) is 0 Å². The summed E-state index contributed by atoms with van der Waals surface area (Å²) < 4.78 is 11.9. The third-order valence-corrected chi connectivity index (χ3v) is 6.75. The van der Waals surface area contributed by atoms with E-state index in [-0.39, 0.29) is 17.5 Å². The fourth-order valence-corrected chi connectivity index (χ4v) is 5.25. The van der Waals surface area contributed by atoms with Crippen LogP contribution in [0.4, 0.5) is 0 Å². The Labute approximate surface area is 165 Å². The zero-order chi connectivity index (χ0) is 20.7. The quantitative estimate of drug-likeness (QED) is 0.342. The maximum absolute atomic E-state index is 13.3. The molecule has 0 spiro atoms. The molecular weight excluding hydrogens is 360 g/mol. The van der Waals surface area contributed by atoms with E-state index in [4.69, 9.17) is 14.6 Å². The van der Waals surface area contributed by atoms with Crippen LogP contribution in [0, 0.1) is 11.3 Å². The minimum Gasteiger partial charge on any atom is -0.478 e. The number of carbonyl (C=O) groups excluding carboxylic acids is 2. The molecule has 0 aromatic rings. The van der Waals surface area contributed by atoms with Crippen molar-refractivity contribution in [2.45, 2.75) is 71.0 Å². The maximum atomic E-state index is 13.3. The lowest BCUT2D eigenvalue weighted by atomic mass is 9.62. The first kappa shape index (κ1) is 20.4. The second-order valence-electron chi connectivity index (χ2n) is 8.50. The molecule has 1 aliphatic heterocycles. The largest absolute Gasteiger partial charge is 0.478 e. The summed E-state index contributed by atoms with van der Waals surface area (Å²) in [4.78, 5) is 36.4. The van der Waals surface area contributed by atoms with Gasteiger partial charge in [0.25, 0.3) is 0 Å². The highest BCUT2D eigenvalue weighted by Crippen LogP contribution is 2.65. The number of allylic oxidation sites excluding steroid dienone is 4. The molecule has 0 aromatic carbocycles. The van der Waals surface area contributed by atoms with Gasteiger partial charge >= 0.3 is 17.9 Å². The van der Waals surface area contributed by atoms with Crippen molar-refractivity contribution in [3.63, 3.8) is 0 Å². The molecule has 6 nitrogen and oxygen atoms in total. The summed E-state index contributed by atoms with van der Waals surface area (Å²) >= 11 is 0. The van der Waals surface area contributed by atoms with Crippen LogP contribution in [0.2, 0.25) is 0 Å². The summed E-state index contributed by atoms with van der Waals surface area (Å²) in [5.74, 6) is -1.91. The Morgan fingerprint density at radius 3 is 2.68 bits per heavy atom. The fourth-order valence-electron chi connectivity index (χ4n) is 5.25. The lowest BCUT2D eigenvalue weighted by Crippen LogP contribution is -2.65. The molecule has 1 saturated heterocycles. The number of carboxylic acids is 1. The van der Waals surface area contributed by atoms with E-state index in [1.165, 1.54) is 25.5 Å². The van der Waals surface area contributed by atoms with Gasteiger partial charge in [-0.3, -0.25) is 9.59 Å². The molecule has 0 radical (unpaired) electrons. The number of cyclic esters (lactones) is 1. The standard InChI is InChI=1S/C22H28O6/c1-14-7-11-21-12-9-17(22(21,13-8-14)27-16(3)23)20(4,28-19(21)26)10-5-6-15(2)18(24)25/h5-7,10,17H,8-9,11-13H2,1-4H3,(H,24,25)/b10-5+,15-6+/t17?,20?,21?,22-/m0/s1. The second-order valence-corrected chi connectivity index (χ2v) is 8.50. The molecule has 0 aromatic heterocycles. The first-order chi connectivity index (χ1) is 13.1. The van der Waals surface area contributed by atoms with Crippen molar-refractivity contribution in [2.24, 2.45) is 11.3 Å². The summed E-state index contributed by atoms with van der Waals surface area (Å²) in [5.41, 5.74) is -1.35. The predicted octanol–water partition coefficient (Wildman–Crippen LogP) is 3.72. The van der Waals surface area contributed by atoms with Crippen LogP contribution in [0.3, 0.4) is 0 Å². The lowest BCUT2D eigenvalue weighted by Gasteiger charge is -2.54. The Morgan fingerprint density at radius 2 is 2.04 bits per heavy atom. The Hall–Kier alpha value is -2.37. The zero-order valence-corrected chi connectivity index (χ0v) is 16.9. The number of esters is 2. The van der Waals surface area contributed by atoms with Gasteiger partial charge < -0.3 is 14.6 Å². The van der Waals surface area contributed by atoms with E-state index in [2.05, 4.69) is 6.08 Å². The molecule has 2 fully saturated rings. The van der Waals surface area contributed by atoms with E-state index in [1.54, 1.807) is 12.2 Å². The molecule has 3 unspecified atom stereocenters. The number of carbonyl (C=O) groups is 3. The van der Waals surface area contributed by atoms with Gasteiger partial charge in [0.1, 0.15) is 16.6 Å². The molecule has 1 saturated carbocycles. The van der Waals surface area contributed by atoms with E-state index >= 15 is 0 Å². The van der Waals surface area contributed by atoms with Crippen LogP contribution in [-0.2, 0) is 23.9 Å². The average molecular weight is 388 g/mol. The van der Waals surface area contributed by atoms with Crippen molar-refractivity contribution in [2.75, 3.05) is 0 Å². The summed E-state index contributed by atoms with van der Waals surface area (Å²) in [5, 5.41) is 9.03. The van der Waals surface area contributed by atoms with Crippen LogP contribution < -0.4 is 0 Å². The average Bonchev–Trinajstić information content (AvgIpc) is 2.77. The van der Waals surface area contributed by atoms with Crippen molar-refractivity contribution in [1.82, 2.24) is 0 Å². The molecule has 2 aliphatic carbocycles. The fraction of sp³-hybridized carbons (Fsp3) is 0.591. The normalized spacial score (nSPS) is 37.7. The number of aliphatic carboxylic acids is 1. The van der Waals surface area contributed by atoms with Gasteiger partial charge in [-0.2, -0.15) is 0 Å². The molecule has 3 rings (SSSR count). The molecule has 28 heavy (non-hydrogen) atoms. The third kappa shape index (κ3) is 2.99. The molecule has 6 heteroatoms. The van der Waals surface area contributed by atoms with Crippen molar-refractivity contribution < 1.29 is 29.0 Å². The molecule has 1 heterocycles. The minimum absolute atomic E-state index is 0.185. The molecule has 3 aliphatic rings. The van der Waals surface area contributed by atoms with Crippen LogP contribution >= 0.6 is 0 Å². The smallest absolute Gasteiger partial charge is 0.331 e. The first-order valence-electron chi connectivity index (χ1n) is 9.74. The van der Waals surface area contributed by atoms with E-state index in [9.17, 15) is 14.4 Å². The summed E-state index contributed by atoms with van der Waals surface area (Å²) in [6.07, 6.45) is 10.1. The van der Waals surface area contributed by atoms with Crippen LogP contribution in [-0.4, -0.2) is 34.2 Å². The number of rotatable bonds is 4. The van der Waals surface area contributed by atoms with Gasteiger partial charge in [0, 0.05) is 18.4 Å². The van der Waals surface area contributed by atoms with Crippen LogP contribution in [0.5, 0.6) is 0 Å². The van der Waals surface area contributed by atoms with Crippen molar-refractivity contribution >= 4 is 17.9 Å². The molecule has 0 amide bonds. The minimum atomic E-state index is -1.00. The highest BCUT2D eigenvalue weighted by molar-refractivity contribution is 5.86. The molecule has 4 atom stereocenters. The van der Waals surface area contributed by atoms with Gasteiger partial charge in [-0.05, 0) is 59.0 Å². The van der Waals surface area contributed by atoms with E-state index in [0.717, 1.165) is 6.42 Å². The molecule has 152 valence electrons. The lowest BCUT2D eigenvalue weighted by molar-refractivity contribution is -0.235. The van der Waals surface area contributed by atoms with Crippen molar-refractivity contribution in [1.29, 1.82) is 0 Å². The topological polar surface area (TPSA) is 89.9 Å². The molecular formula is C22H28O6. The van der Waals surface area contributed by atoms with Gasteiger partial charge in [0.2, 0.25) is 0 Å². The van der Waals surface area contributed by atoms with Crippen molar-refractivity contribution in [3.05, 3.63) is 35.5 Å². The summed E-state index contributed by atoms with van der Waals surface area (Å²) in [6.45, 7) is 6.75. The second kappa shape index (κ2) is 6.90.